The Morgan fingerprint density at radius 2 is 1.85 bits per heavy atom. The van der Waals surface area contributed by atoms with Crippen LogP contribution in [-0.2, 0) is 9.84 Å². The molecule has 0 amide bonds. The van der Waals surface area contributed by atoms with Crippen molar-refractivity contribution in [2.24, 2.45) is 0 Å². The molecule has 0 aromatic heterocycles. The molecule has 1 aromatic carbocycles. The molecule has 5 heteroatoms. The van der Waals surface area contributed by atoms with Gasteiger partial charge >= 0.3 is 0 Å². The number of sulfone groups is 1. The zero-order chi connectivity index (χ0) is 15.4. The van der Waals surface area contributed by atoms with Gasteiger partial charge in [0.15, 0.2) is 9.84 Å². The lowest BCUT2D eigenvalue weighted by atomic mass is 10.1. The maximum absolute atomic E-state index is 12.0. The smallest absolute Gasteiger partial charge is 0.158 e. The Morgan fingerprint density at radius 1 is 1.25 bits per heavy atom. The van der Waals surface area contributed by atoms with Crippen LogP contribution >= 0.6 is 0 Å². The molecule has 0 bridgehead atoms. The summed E-state index contributed by atoms with van der Waals surface area (Å²) in [5.41, 5.74) is 1.03. The van der Waals surface area contributed by atoms with Gasteiger partial charge in [0.2, 0.25) is 0 Å². The Balaban J connectivity index is 2.73. The summed E-state index contributed by atoms with van der Waals surface area (Å²) in [5.74, 6) is 0.761. The Hall–Kier alpha value is -1.07. The molecule has 0 spiro atoms. The molecule has 0 saturated carbocycles. The zero-order valence-corrected chi connectivity index (χ0v) is 13.8. The molecule has 0 aliphatic rings. The van der Waals surface area contributed by atoms with Gasteiger partial charge in [0.25, 0.3) is 0 Å². The number of nitrogens with one attached hydrogen (secondary N) is 1. The van der Waals surface area contributed by atoms with E-state index in [1.807, 2.05) is 38.2 Å². The molecular formula is C15H25NO3S. The molecule has 1 rings (SSSR count). The molecule has 0 aliphatic heterocycles. The number of hydrogen-bond donors (Lipinski definition) is 1. The predicted octanol–water partition coefficient (Wildman–Crippen LogP) is 2.56. The maximum Gasteiger partial charge on any atom is 0.158 e. The van der Waals surface area contributed by atoms with Gasteiger partial charge < -0.3 is 10.1 Å². The average molecular weight is 299 g/mol. The van der Waals surface area contributed by atoms with Crippen LogP contribution in [0.4, 0.5) is 0 Å². The minimum Gasteiger partial charge on any atom is -0.492 e. The summed E-state index contributed by atoms with van der Waals surface area (Å²) in [4.78, 5) is 0. The van der Waals surface area contributed by atoms with Crippen molar-refractivity contribution in [1.82, 2.24) is 5.32 Å². The molecule has 0 radical (unpaired) electrons. The van der Waals surface area contributed by atoms with Crippen LogP contribution in [0.2, 0.25) is 0 Å². The molecule has 0 saturated heterocycles. The van der Waals surface area contributed by atoms with Crippen molar-refractivity contribution in [1.29, 1.82) is 0 Å². The number of benzene rings is 1. The van der Waals surface area contributed by atoms with Gasteiger partial charge in [-0.3, -0.25) is 0 Å². The average Bonchev–Trinajstić information content (AvgIpc) is 2.37. The van der Waals surface area contributed by atoms with Crippen LogP contribution in [0.5, 0.6) is 5.75 Å². The van der Waals surface area contributed by atoms with E-state index < -0.39 is 14.6 Å². The normalized spacial score (nSPS) is 14.1. The highest BCUT2D eigenvalue weighted by atomic mass is 32.2. The molecule has 0 fully saturated rings. The van der Waals surface area contributed by atoms with Crippen molar-refractivity contribution in [3.8, 4) is 5.75 Å². The first kappa shape index (κ1) is 17.0. The van der Waals surface area contributed by atoms with Gasteiger partial charge in [-0.05, 0) is 40.8 Å². The van der Waals surface area contributed by atoms with Crippen molar-refractivity contribution >= 4 is 9.84 Å². The summed E-state index contributed by atoms with van der Waals surface area (Å²) in [6, 6.07) is 7.84. The SMILES string of the molecule is CNC(C)c1ccccc1OCCS(=O)(=O)C(C)(C)C. The maximum atomic E-state index is 12.0. The van der Waals surface area contributed by atoms with E-state index in [0.29, 0.717) is 0 Å². The summed E-state index contributed by atoms with van der Waals surface area (Å²) in [6.07, 6.45) is 0. The van der Waals surface area contributed by atoms with Gasteiger partial charge in [-0.25, -0.2) is 8.42 Å². The molecule has 1 unspecified atom stereocenters. The minimum absolute atomic E-state index is 0.0266. The largest absolute Gasteiger partial charge is 0.492 e. The van der Waals surface area contributed by atoms with Gasteiger partial charge in [-0.1, -0.05) is 18.2 Å². The highest BCUT2D eigenvalue weighted by Gasteiger charge is 2.28. The molecule has 114 valence electrons. The van der Waals surface area contributed by atoms with Crippen LogP contribution in [0.1, 0.15) is 39.3 Å². The quantitative estimate of drug-likeness (QED) is 0.877. The van der Waals surface area contributed by atoms with Crippen LogP contribution in [0.25, 0.3) is 0 Å². The first-order chi connectivity index (χ1) is 9.19. The molecule has 1 atom stereocenters. The topological polar surface area (TPSA) is 55.4 Å². The number of para-hydroxylation sites is 1. The summed E-state index contributed by atoms with van der Waals surface area (Å²) in [7, 11) is -1.27. The third kappa shape index (κ3) is 4.21. The monoisotopic (exact) mass is 299 g/mol. The molecule has 4 nitrogen and oxygen atoms in total. The highest BCUT2D eigenvalue weighted by Crippen LogP contribution is 2.25. The summed E-state index contributed by atoms with van der Waals surface area (Å²) in [6.45, 7) is 7.33. The van der Waals surface area contributed by atoms with E-state index >= 15 is 0 Å². The number of ether oxygens (including phenoxy) is 1. The van der Waals surface area contributed by atoms with E-state index in [1.165, 1.54) is 0 Å². The van der Waals surface area contributed by atoms with E-state index in [-0.39, 0.29) is 18.4 Å². The summed E-state index contributed by atoms with van der Waals surface area (Å²) >= 11 is 0. The van der Waals surface area contributed by atoms with Gasteiger partial charge in [0, 0.05) is 11.6 Å². The predicted molar refractivity (Wildman–Crippen MR) is 83.0 cm³/mol. The van der Waals surface area contributed by atoms with Crippen molar-refractivity contribution in [3.63, 3.8) is 0 Å². The van der Waals surface area contributed by atoms with Crippen LogP contribution in [0, 0.1) is 0 Å². The second kappa shape index (κ2) is 6.59. The fourth-order valence-electron chi connectivity index (χ4n) is 1.69. The van der Waals surface area contributed by atoms with Crippen LogP contribution in [0.3, 0.4) is 0 Å². The van der Waals surface area contributed by atoms with Gasteiger partial charge in [-0.2, -0.15) is 0 Å². The Morgan fingerprint density at radius 3 is 2.40 bits per heavy atom. The first-order valence-electron chi connectivity index (χ1n) is 6.80. The fourth-order valence-corrected chi connectivity index (χ4v) is 2.61. The van der Waals surface area contributed by atoms with Crippen LogP contribution in [-0.4, -0.2) is 32.6 Å². The third-order valence-corrected chi connectivity index (χ3v) is 5.93. The Labute approximate surface area is 122 Å². The molecule has 0 heterocycles. The van der Waals surface area contributed by atoms with E-state index in [1.54, 1.807) is 20.8 Å². The van der Waals surface area contributed by atoms with Gasteiger partial charge in [0.1, 0.15) is 12.4 Å². The Kier molecular flexibility index (Phi) is 5.59. The summed E-state index contributed by atoms with van der Waals surface area (Å²) < 4.78 is 29.0. The van der Waals surface area contributed by atoms with Crippen LogP contribution < -0.4 is 10.1 Å². The lowest BCUT2D eigenvalue weighted by molar-refractivity contribution is 0.333. The second-order valence-electron chi connectivity index (χ2n) is 5.83. The van der Waals surface area contributed by atoms with Crippen molar-refractivity contribution in [2.75, 3.05) is 19.4 Å². The summed E-state index contributed by atoms with van der Waals surface area (Å²) in [5, 5.41) is 3.15. The number of rotatable bonds is 6. The second-order valence-corrected chi connectivity index (χ2v) is 8.69. The third-order valence-electron chi connectivity index (χ3n) is 3.36. The molecule has 20 heavy (non-hydrogen) atoms. The van der Waals surface area contributed by atoms with Gasteiger partial charge in [-0.15, -0.1) is 0 Å². The van der Waals surface area contributed by atoms with E-state index in [2.05, 4.69) is 5.32 Å². The highest BCUT2D eigenvalue weighted by molar-refractivity contribution is 7.92. The zero-order valence-electron chi connectivity index (χ0n) is 12.9. The van der Waals surface area contributed by atoms with Crippen molar-refractivity contribution in [3.05, 3.63) is 29.8 Å². The first-order valence-corrected chi connectivity index (χ1v) is 8.45. The number of hydrogen-bond acceptors (Lipinski definition) is 4. The van der Waals surface area contributed by atoms with Crippen LogP contribution in [0.15, 0.2) is 24.3 Å². The molecular weight excluding hydrogens is 274 g/mol. The van der Waals surface area contributed by atoms with E-state index in [0.717, 1.165) is 11.3 Å². The lowest BCUT2D eigenvalue weighted by Gasteiger charge is -2.20. The van der Waals surface area contributed by atoms with Crippen molar-refractivity contribution in [2.45, 2.75) is 38.5 Å². The van der Waals surface area contributed by atoms with E-state index in [9.17, 15) is 8.42 Å². The van der Waals surface area contributed by atoms with E-state index in [4.69, 9.17) is 4.74 Å². The lowest BCUT2D eigenvalue weighted by Crippen LogP contribution is -2.32. The van der Waals surface area contributed by atoms with Gasteiger partial charge in [0.05, 0.1) is 10.5 Å². The fraction of sp³-hybridized carbons (Fsp3) is 0.600. The Bertz CT molecular complexity index is 532. The molecule has 1 aromatic rings. The molecule has 0 aliphatic carbocycles. The minimum atomic E-state index is -3.15. The standard InChI is InChI=1S/C15H25NO3S/c1-12(16-5)13-8-6-7-9-14(13)19-10-11-20(17,18)15(2,3)4/h6-9,12,16H,10-11H2,1-5H3. The molecule has 1 N–H and O–H groups in total. The van der Waals surface area contributed by atoms with Crippen molar-refractivity contribution < 1.29 is 13.2 Å².